The molecule has 0 aromatic heterocycles. The van der Waals surface area contributed by atoms with Crippen molar-refractivity contribution < 1.29 is 13.2 Å². The molecule has 0 bridgehead atoms. The largest absolute Gasteiger partial charge is 0.493 e. The zero-order valence-electron chi connectivity index (χ0n) is 13.3. The van der Waals surface area contributed by atoms with Gasteiger partial charge in [0.15, 0.2) is 9.84 Å². The fourth-order valence-electron chi connectivity index (χ4n) is 1.98. The highest BCUT2D eigenvalue weighted by Gasteiger charge is 2.09. The second-order valence-corrected chi connectivity index (χ2v) is 7.68. The molecule has 0 amide bonds. The molecular formula is C16H27NO3S. The summed E-state index contributed by atoms with van der Waals surface area (Å²) in [6.45, 7) is 4.25. The van der Waals surface area contributed by atoms with Gasteiger partial charge in [-0.25, -0.2) is 8.42 Å². The lowest BCUT2D eigenvalue weighted by Crippen LogP contribution is -2.21. The van der Waals surface area contributed by atoms with Crippen molar-refractivity contribution in [2.24, 2.45) is 0 Å². The standard InChI is InChI=1S/C16H27NO3S/c1-4-12-21(18,19)13-11-20-16-9-7-15(8-10-16)6-5-14(2)17-3/h7-10,14,17H,4-6,11-13H2,1-3H3. The molecule has 5 heteroatoms. The van der Waals surface area contributed by atoms with E-state index in [1.165, 1.54) is 5.56 Å². The summed E-state index contributed by atoms with van der Waals surface area (Å²) in [7, 11) is -0.997. The van der Waals surface area contributed by atoms with Gasteiger partial charge in [-0.05, 0) is 50.9 Å². The maximum atomic E-state index is 11.6. The SMILES string of the molecule is CCCS(=O)(=O)CCOc1ccc(CCC(C)NC)cc1. The van der Waals surface area contributed by atoms with Crippen LogP contribution in [0.1, 0.15) is 32.3 Å². The Bertz CT molecular complexity index is 497. The van der Waals surface area contributed by atoms with Crippen LogP contribution in [0.4, 0.5) is 0 Å². The molecule has 0 radical (unpaired) electrons. The maximum absolute atomic E-state index is 11.6. The Balaban J connectivity index is 2.37. The predicted octanol–water partition coefficient (Wildman–Crippen LogP) is 2.43. The van der Waals surface area contributed by atoms with Crippen LogP contribution in [0.3, 0.4) is 0 Å². The van der Waals surface area contributed by atoms with Crippen molar-refractivity contribution in [2.75, 3.05) is 25.2 Å². The molecule has 0 fully saturated rings. The first-order valence-electron chi connectivity index (χ1n) is 7.56. The molecule has 1 N–H and O–H groups in total. The summed E-state index contributed by atoms with van der Waals surface area (Å²) < 4.78 is 28.6. The molecule has 1 rings (SSSR count). The van der Waals surface area contributed by atoms with Gasteiger partial charge >= 0.3 is 0 Å². The normalized spacial score (nSPS) is 13.1. The van der Waals surface area contributed by atoms with Crippen molar-refractivity contribution >= 4 is 9.84 Å². The van der Waals surface area contributed by atoms with Gasteiger partial charge in [-0.3, -0.25) is 0 Å². The second kappa shape index (κ2) is 9.05. The van der Waals surface area contributed by atoms with Crippen LogP contribution in [0.15, 0.2) is 24.3 Å². The Morgan fingerprint density at radius 2 is 1.86 bits per heavy atom. The van der Waals surface area contributed by atoms with Crippen molar-refractivity contribution in [1.29, 1.82) is 0 Å². The van der Waals surface area contributed by atoms with Gasteiger partial charge in [-0.1, -0.05) is 19.1 Å². The fraction of sp³-hybridized carbons (Fsp3) is 0.625. The van der Waals surface area contributed by atoms with Crippen molar-refractivity contribution in [1.82, 2.24) is 5.32 Å². The molecule has 0 aliphatic rings. The molecule has 0 saturated heterocycles. The van der Waals surface area contributed by atoms with E-state index in [9.17, 15) is 8.42 Å². The Hall–Kier alpha value is -1.07. The molecule has 1 aromatic rings. The number of sulfone groups is 1. The second-order valence-electron chi connectivity index (χ2n) is 5.37. The van der Waals surface area contributed by atoms with Gasteiger partial charge in [0.2, 0.25) is 0 Å². The van der Waals surface area contributed by atoms with Crippen molar-refractivity contribution in [3.8, 4) is 5.75 Å². The van der Waals surface area contributed by atoms with Crippen LogP contribution in [0, 0.1) is 0 Å². The minimum absolute atomic E-state index is 0.0856. The molecule has 1 unspecified atom stereocenters. The summed E-state index contributed by atoms with van der Waals surface area (Å²) in [5, 5.41) is 3.22. The Kier molecular flexibility index (Phi) is 7.75. The summed E-state index contributed by atoms with van der Waals surface area (Å²) in [5.74, 6) is 1.05. The lowest BCUT2D eigenvalue weighted by Gasteiger charge is -2.10. The van der Waals surface area contributed by atoms with Gasteiger partial charge in [0, 0.05) is 6.04 Å². The van der Waals surface area contributed by atoms with Crippen LogP contribution in [-0.2, 0) is 16.3 Å². The van der Waals surface area contributed by atoms with E-state index >= 15 is 0 Å². The third-order valence-electron chi connectivity index (χ3n) is 3.46. The molecule has 0 spiro atoms. The van der Waals surface area contributed by atoms with Crippen LogP contribution >= 0.6 is 0 Å². The van der Waals surface area contributed by atoms with Gasteiger partial charge in [-0.2, -0.15) is 0 Å². The van der Waals surface area contributed by atoms with Crippen LogP contribution in [0.2, 0.25) is 0 Å². The van der Waals surface area contributed by atoms with Crippen LogP contribution in [0.25, 0.3) is 0 Å². The van der Waals surface area contributed by atoms with Gasteiger partial charge in [-0.15, -0.1) is 0 Å². The predicted molar refractivity (Wildman–Crippen MR) is 87.7 cm³/mol. The smallest absolute Gasteiger partial charge is 0.153 e. The first kappa shape index (κ1) is 18.0. The molecule has 120 valence electrons. The summed E-state index contributed by atoms with van der Waals surface area (Å²) >= 11 is 0. The molecule has 21 heavy (non-hydrogen) atoms. The quantitative estimate of drug-likeness (QED) is 0.721. The van der Waals surface area contributed by atoms with Gasteiger partial charge in [0.25, 0.3) is 0 Å². The van der Waals surface area contributed by atoms with E-state index in [0.717, 1.165) is 18.6 Å². The Labute approximate surface area is 128 Å². The van der Waals surface area contributed by atoms with E-state index in [2.05, 4.69) is 12.2 Å². The number of ether oxygens (including phenoxy) is 1. The molecule has 0 aliphatic carbocycles. The zero-order chi connectivity index (χ0) is 15.7. The zero-order valence-corrected chi connectivity index (χ0v) is 14.1. The van der Waals surface area contributed by atoms with Crippen molar-refractivity contribution in [3.63, 3.8) is 0 Å². The van der Waals surface area contributed by atoms with E-state index < -0.39 is 9.84 Å². The monoisotopic (exact) mass is 313 g/mol. The molecule has 4 nitrogen and oxygen atoms in total. The Morgan fingerprint density at radius 1 is 1.19 bits per heavy atom. The molecule has 1 atom stereocenters. The summed E-state index contributed by atoms with van der Waals surface area (Å²) in [4.78, 5) is 0. The molecule has 0 aliphatic heterocycles. The van der Waals surface area contributed by atoms with Gasteiger partial charge in [0.05, 0.1) is 11.5 Å². The average molecular weight is 313 g/mol. The number of rotatable bonds is 10. The minimum atomic E-state index is -2.96. The summed E-state index contributed by atoms with van der Waals surface area (Å²) in [6.07, 6.45) is 2.77. The van der Waals surface area contributed by atoms with Gasteiger partial charge in [0.1, 0.15) is 12.4 Å². The number of nitrogens with one attached hydrogen (secondary N) is 1. The van der Waals surface area contributed by atoms with E-state index in [1.54, 1.807) is 0 Å². The van der Waals surface area contributed by atoms with E-state index in [1.807, 2.05) is 38.2 Å². The highest BCUT2D eigenvalue weighted by Crippen LogP contribution is 2.14. The van der Waals surface area contributed by atoms with E-state index in [-0.39, 0.29) is 18.1 Å². The topological polar surface area (TPSA) is 55.4 Å². The fourth-order valence-corrected chi connectivity index (χ4v) is 3.14. The minimum Gasteiger partial charge on any atom is -0.493 e. The lowest BCUT2D eigenvalue weighted by atomic mass is 10.1. The van der Waals surface area contributed by atoms with Crippen molar-refractivity contribution in [2.45, 2.75) is 39.2 Å². The van der Waals surface area contributed by atoms with E-state index in [0.29, 0.717) is 12.5 Å². The summed E-state index contributed by atoms with van der Waals surface area (Å²) in [5.41, 5.74) is 1.27. The summed E-state index contributed by atoms with van der Waals surface area (Å²) in [6, 6.07) is 8.40. The third-order valence-corrected chi connectivity index (χ3v) is 5.28. The number of aryl methyl sites for hydroxylation is 1. The first-order chi connectivity index (χ1) is 9.96. The number of benzene rings is 1. The van der Waals surface area contributed by atoms with E-state index in [4.69, 9.17) is 4.74 Å². The van der Waals surface area contributed by atoms with Crippen molar-refractivity contribution in [3.05, 3.63) is 29.8 Å². The average Bonchev–Trinajstić information content (AvgIpc) is 2.45. The number of hydrogen-bond donors (Lipinski definition) is 1. The Morgan fingerprint density at radius 3 is 2.43 bits per heavy atom. The van der Waals surface area contributed by atoms with Crippen LogP contribution in [0.5, 0.6) is 5.75 Å². The highest BCUT2D eigenvalue weighted by molar-refractivity contribution is 7.91. The number of hydrogen-bond acceptors (Lipinski definition) is 4. The molecular weight excluding hydrogens is 286 g/mol. The van der Waals surface area contributed by atoms with Crippen LogP contribution in [-0.4, -0.2) is 39.6 Å². The first-order valence-corrected chi connectivity index (χ1v) is 9.38. The molecule has 0 heterocycles. The molecule has 0 saturated carbocycles. The lowest BCUT2D eigenvalue weighted by molar-refractivity contribution is 0.340. The van der Waals surface area contributed by atoms with Crippen LogP contribution < -0.4 is 10.1 Å². The highest BCUT2D eigenvalue weighted by atomic mass is 32.2. The maximum Gasteiger partial charge on any atom is 0.153 e. The van der Waals surface area contributed by atoms with Gasteiger partial charge < -0.3 is 10.1 Å². The third kappa shape index (κ3) is 7.48. The molecule has 1 aromatic carbocycles.